The van der Waals surface area contributed by atoms with Gasteiger partial charge in [-0.1, -0.05) is 6.07 Å². The van der Waals surface area contributed by atoms with Crippen LogP contribution in [0.4, 0.5) is 0 Å². The summed E-state index contributed by atoms with van der Waals surface area (Å²) in [5.41, 5.74) is 1.05. The highest BCUT2D eigenvalue weighted by Gasteiger charge is 2.18. The Labute approximate surface area is 129 Å². The second kappa shape index (κ2) is 6.77. The van der Waals surface area contributed by atoms with Crippen molar-refractivity contribution in [1.82, 2.24) is 5.32 Å². The third kappa shape index (κ3) is 4.43. The molecule has 7 heteroatoms. The summed E-state index contributed by atoms with van der Waals surface area (Å²) in [4.78, 5) is 12.1. The van der Waals surface area contributed by atoms with E-state index in [1.54, 1.807) is 13.0 Å². The Balaban J connectivity index is 2.07. The van der Waals surface area contributed by atoms with Gasteiger partial charge in [0, 0.05) is 36.0 Å². The van der Waals surface area contributed by atoms with Crippen molar-refractivity contribution < 1.29 is 17.9 Å². The van der Waals surface area contributed by atoms with E-state index < -0.39 is 9.05 Å². The lowest BCUT2D eigenvalue weighted by molar-refractivity contribution is 0.0642. The molecule has 5 nitrogen and oxygen atoms in total. The Morgan fingerprint density at radius 1 is 1.38 bits per heavy atom. The number of amides is 1. The summed E-state index contributed by atoms with van der Waals surface area (Å²) in [7, 11) is 1.48. The van der Waals surface area contributed by atoms with E-state index in [2.05, 4.69) is 5.32 Å². The topological polar surface area (TPSA) is 72.5 Å². The molecule has 0 spiro atoms. The molecule has 1 N–H and O–H groups in total. The Morgan fingerprint density at radius 3 is 2.67 bits per heavy atom. The van der Waals surface area contributed by atoms with E-state index in [1.165, 1.54) is 12.1 Å². The number of hydrogen-bond donors (Lipinski definition) is 1. The SMILES string of the molecule is Cc1ccc(S(=O)(=O)Cl)cc1C(=O)NCC1CCOCC1. The molecule has 0 unspecified atom stereocenters. The zero-order valence-corrected chi connectivity index (χ0v) is 13.3. The summed E-state index contributed by atoms with van der Waals surface area (Å²) in [5.74, 6) is 0.129. The van der Waals surface area contributed by atoms with Gasteiger partial charge in [-0.25, -0.2) is 8.42 Å². The first-order chi connectivity index (χ1) is 9.88. The number of rotatable bonds is 4. The molecule has 2 rings (SSSR count). The molecule has 1 amide bonds. The van der Waals surface area contributed by atoms with Crippen LogP contribution in [-0.2, 0) is 13.8 Å². The summed E-state index contributed by atoms with van der Waals surface area (Å²) < 4.78 is 28.0. The van der Waals surface area contributed by atoms with Gasteiger partial charge in [-0.3, -0.25) is 4.79 Å². The third-order valence-corrected chi connectivity index (χ3v) is 4.98. The predicted molar refractivity (Wildman–Crippen MR) is 80.1 cm³/mol. The molecule has 1 aromatic rings. The van der Waals surface area contributed by atoms with Crippen molar-refractivity contribution >= 4 is 25.6 Å². The van der Waals surface area contributed by atoms with Crippen molar-refractivity contribution in [2.24, 2.45) is 5.92 Å². The molecule has 1 fully saturated rings. The van der Waals surface area contributed by atoms with Crippen LogP contribution in [0.5, 0.6) is 0 Å². The van der Waals surface area contributed by atoms with Crippen LogP contribution in [-0.4, -0.2) is 34.1 Å². The number of aryl methyl sites for hydroxylation is 1. The molecule has 116 valence electrons. The molecule has 1 aromatic carbocycles. The monoisotopic (exact) mass is 331 g/mol. The molecular formula is C14H18ClNO4S. The van der Waals surface area contributed by atoms with Gasteiger partial charge in [0.25, 0.3) is 15.0 Å². The Bertz CT molecular complexity index is 624. The van der Waals surface area contributed by atoms with Crippen molar-refractivity contribution in [2.45, 2.75) is 24.7 Å². The van der Waals surface area contributed by atoms with Crippen molar-refractivity contribution in [3.63, 3.8) is 0 Å². The van der Waals surface area contributed by atoms with Crippen LogP contribution in [0.15, 0.2) is 23.1 Å². The van der Waals surface area contributed by atoms with Crippen LogP contribution in [0.3, 0.4) is 0 Å². The van der Waals surface area contributed by atoms with Gasteiger partial charge in [0.15, 0.2) is 0 Å². The van der Waals surface area contributed by atoms with Gasteiger partial charge in [-0.05, 0) is 43.4 Å². The second-order valence-electron chi connectivity index (χ2n) is 5.18. The number of hydrogen-bond acceptors (Lipinski definition) is 4. The van der Waals surface area contributed by atoms with Gasteiger partial charge in [0.2, 0.25) is 0 Å². The first-order valence-electron chi connectivity index (χ1n) is 6.79. The fourth-order valence-electron chi connectivity index (χ4n) is 2.28. The highest BCUT2D eigenvalue weighted by atomic mass is 35.7. The van der Waals surface area contributed by atoms with Crippen LogP contribution in [0.1, 0.15) is 28.8 Å². The molecule has 0 saturated carbocycles. The van der Waals surface area contributed by atoms with E-state index >= 15 is 0 Å². The number of ether oxygens (including phenoxy) is 1. The normalized spacial score (nSPS) is 16.7. The molecule has 0 radical (unpaired) electrons. The van der Waals surface area contributed by atoms with Gasteiger partial charge >= 0.3 is 0 Å². The average Bonchev–Trinajstić information content (AvgIpc) is 2.45. The first-order valence-corrected chi connectivity index (χ1v) is 9.10. The second-order valence-corrected chi connectivity index (χ2v) is 7.75. The highest BCUT2D eigenvalue weighted by Crippen LogP contribution is 2.19. The zero-order valence-electron chi connectivity index (χ0n) is 11.8. The van der Waals surface area contributed by atoms with Crippen molar-refractivity contribution in [2.75, 3.05) is 19.8 Å². The molecule has 1 heterocycles. The van der Waals surface area contributed by atoms with E-state index in [0.29, 0.717) is 23.6 Å². The lowest BCUT2D eigenvalue weighted by Crippen LogP contribution is -2.32. The molecular weight excluding hydrogens is 314 g/mol. The van der Waals surface area contributed by atoms with Gasteiger partial charge < -0.3 is 10.1 Å². The summed E-state index contributed by atoms with van der Waals surface area (Å²) in [6, 6.07) is 4.29. The lowest BCUT2D eigenvalue weighted by atomic mass is 10.00. The minimum Gasteiger partial charge on any atom is -0.381 e. The predicted octanol–water partition coefficient (Wildman–Crippen LogP) is 2.08. The van der Waals surface area contributed by atoms with Gasteiger partial charge in [0.05, 0.1) is 4.90 Å². The molecule has 0 bridgehead atoms. The number of halogens is 1. The van der Waals surface area contributed by atoms with Crippen molar-refractivity contribution in [3.8, 4) is 0 Å². The Hall–Kier alpha value is -1.11. The molecule has 0 aromatic heterocycles. The number of nitrogens with one attached hydrogen (secondary N) is 1. The number of carbonyl (C=O) groups excluding carboxylic acids is 1. The van der Waals surface area contributed by atoms with E-state index in [0.717, 1.165) is 26.1 Å². The van der Waals surface area contributed by atoms with Crippen LogP contribution >= 0.6 is 10.7 Å². The molecule has 0 atom stereocenters. The van der Waals surface area contributed by atoms with Crippen molar-refractivity contribution in [3.05, 3.63) is 29.3 Å². The highest BCUT2D eigenvalue weighted by molar-refractivity contribution is 8.13. The molecule has 0 aliphatic carbocycles. The third-order valence-electron chi connectivity index (χ3n) is 3.63. The summed E-state index contributed by atoms with van der Waals surface area (Å²) >= 11 is 0. The van der Waals surface area contributed by atoms with E-state index in [-0.39, 0.29) is 10.8 Å². The molecule has 1 aliphatic heterocycles. The fourth-order valence-corrected chi connectivity index (χ4v) is 3.06. The fraction of sp³-hybridized carbons (Fsp3) is 0.500. The van der Waals surface area contributed by atoms with Crippen LogP contribution in [0.2, 0.25) is 0 Å². The van der Waals surface area contributed by atoms with Gasteiger partial charge in [-0.15, -0.1) is 0 Å². The summed E-state index contributed by atoms with van der Waals surface area (Å²) in [6.45, 7) is 3.77. The smallest absolute Gasteiger partial charge is 0.261 e. The Kier molecular flexibility index (Phi) is 5.24. The number of carbonyl (C=O) groups is 1. The average molecular weight is 332 g/mol. The molecule has 1 saturated heterocycles. The quantitative estimate of drug-likeness (QED) is 0.857. The summed E-state index contributed by atoms with van der Waals surface area (Å²) in [5, 5.41) is 2.86. The van der Waals surface area contributed by atoms with Crippen LogP contribution in [0.25, 0.3) is 0 Å². The lowest BCUT2D eigenvalue weighted by Gasteiger charge is -2.22. The maximum absolute atomic E-state index is 12.2. The van der Waals surface area contributed by atoms with Gasteiger partial charge in [-0.2, -0.15) is 0 Å². The number of benzene rings is 1. The van der Waals surface area contributed by atoms with E-state index in [4.69, 9.17) is 15.4 Å². The molecule has 1 aliphatic rings. The maximum atomic E-state index is 12.2. The minimum atomic E-state index is -3.84. The van der Waals surface area contributed by atoms with Gasteiger partial charge in [0.1, 0.15) is 0 Å². The van der Waals surface area contributed by atoms with E-state index in [9.17, 15) is 13.2 Å². The van der Waals surface area contributed by atoms with Crippen LogP contribution in [0, 0.1) is 12.8 Å². The molecule has 21 heavy (non-hydrogen) atoms. The van der Waals surface area contributed by atoms with Crippen molar-refractivity contribution in [1.29, 1.82) is 0 Å². The minimum absolute atomic E-state index is 0.0639. The Morgan fingerprint density at radius 2 is 2.05 bits per heavy atom. The maximum Gasteiger partial charge on any atom is 0.261 e. The zero-order chi connectivity index (χ0) is 15.5. The first kappa shape index (κ1) is 16.3. The standard InChI is InChI=1S/C14H18ClNO4S/c1-10-2-3-12(21(15,18)19)8-13(10)14(17)16-9-11-4-6-20-7-5-11/h2-3,8,11H,4-7,9H2,1H3,(H,16,17). The van der Waals surface area contributed by atoms with E-state index in [1.807, 2.05) is 0 Å². The largest absolute Gasteiger partial charge is 0.381 e. The van der Waals surface area contributed by atoms with Crippen LogP contribution < -0.4 is 5.32 Å². The summed E-state index contributed by atoms with van der Waals surface area (Å²) in [6.07, 6.45) is 1.85.